The van der Waals surface area contributed by atoms with Gasteiger partial charge in [-0.3, -0.25) is 0 Å². The van der Waals surface area contributed by atoms with Crippen molar-refractivity contribution in [3.63, 3.8) is 0 Å². The average molecular weight is 340 g/mol. The van der Waals surface area contributed by atoms with Crippen LogP contribution in [-0.2, 0) is 0 Å². The van der Waals surface area contributed by atoms with Gasteiger partial charge in [-0.05, 0) is 40.3 Å². The molecule has 0 saturated heterocycles. The minimum Gasteiger partial charge on any atom is -0.497 e. The van der Waals surface area contributed by atoms with E-state index in [1.54, 1.807) is 11.8 Å². The SMILES string of the molecule is COc1ccc([C@H]2C=C(c3ccccc3Cl)Nc3nnnn32)cc1. The highest BCUT2D eigenvalue weighted by Gasteiger charge is 2.25. The molecule has 120 valence electrons. The van der Waals surface area contributed by atoms with Crippen molar-refractivity contribution in [1.29, 1.82) is 0 Å². The summed E-state index contributed by atoms with van der Waals surface area (Å²) in [4.78, 5) is 0. The molecule has 1 atom stereocenters. The number of rotatable bonds is 3. The predicted octanol–water partition coefficient (Wildman–Crippen LogP) is 3.39. The first-order valence-corrected chi connectivity index (χ1v) is 7.79. The quantitative estimate of drug-likeness (QED) is 0.792. The van der Waals surface area contributed by atoms with E-state index in [9.17, 15) is 0 Å². The number of aromatic nitrogens is 4. The summed E-state index contributed by atoms with van der Waals surface area (Å²) in [6.07, 6.45) is 2.06. The third-order valence-electron chi connectivity index (χ3n) is 3.95. The van der Waals surface area contributed by atoms with Gasteiger partial charge in [0.25, 0.3) is 0 Å². The summed E-state index contributed by atoms with van der Waals surface area (Å²) < 4.78 is 6.96. The number of ether oxygens (including phenoxy) is 1. The zero-order valence-electron chi connectivity index (χ0n) is 12.8. The van der Waals surface area contributed by atoms with Crippen molar-refractivity contribution in [2.75, 3.05) is 12.4 Å². The maximum absolute atomic E-state index is 6.34. The second-order valence-electron chi connectivity index (χ2n) is 5.35. The molecule has 2 aromatic carbocycles. The number of anilines is 1. The topological polar surface area (TPSA) is 64.9 Å². The molecule has 1 N–H and O–H groups in total. The molecule has 1 aromatic heterocycles. The molecule has 0 unspecified atom stereocenters. The van der Waals surface area contributed by atoms with E-state index in [0.717, 1.165) is 22.6 Å². The number of benzene rings is 2. The number of nitrogens with one attached hydrogen (secondary N) is 1. The number of nitrogens with zero attached hydrogens (tertiary/aromatic N) is 4. The van der Waals surface area contributed by atoms with Crippen LogP contribution in [-0.4, -0.2) is 27.3 Å². The lowest BCUT2D eigenvalue weighted by atomic mass is 10.0. The van der Waals surface area contributed by atoms with Crippen molar-refractivity contribution in [3.05, 3.63) is 70.8 Å². The fourth-order valence-corrected chi connectivity index (χ4v) is 2.97. The van der Waals surface area contributed by atoms with Crippen LogP contribution in [0.1, 0.15) is 17.2 Å². The number of tetrazole rings is 1. The van der Waals surface area contributed by atoms with Gasteiger partial charge in [0.05, 0.1) is 7.11 Å². The Balaban J connectivity index is 1.80. The zero-order chi connectivity index (χ0) is 16.5. The first-order chi connectivity index (χ1) is 11.8. The van der Waals surface area contributed by atoms with Gasteiger partial charge in [0, 0.05) is 16.3 Å². The molecule has 24 heavy (non-hydrogen) atoms. The molecule has 0 amide bonds. The van der Waals surface area contributed by atoms with Gasteiger partial charge in [0.2, 0.25) is 5.95 Å². The van der Waals surface area contributed by atoms with E-state index in [2.05, 4.69) is 26.9 Å². The van der Waals surface area contributed by atoms with Gasteiger partial charge >= 0.3 is 0 Å². The minimum absolute atomic E-state index is 0.131. The molecular formula is C17H14ClN5O. The summed E-state index contributed by atoms with van der Waals surface area (Å²) in [6.45, 7) is 0. The summed E-state index contributed by atoms with van der Waals surface area (Å²) >= 11 is 6.34. The van der Waals surface area contributed by atoms with Gasteiger partial charge in [-0.25, -0.2) is 0 Å². The molecule has 4 rings (SSSR count). The molecule has 0 spiro atoms. The largest absolute Gasteiger partial charge is 0.497 e. The number of methoxy groups -OCH3 is 1. The first-order valence-electron chi connectivity index (χ1n) is 7.42. The Labute approximate surface area is 143 Å². The van der Waals surface area contributed by atoms with E-state index in [1.165, 1.54) is 0 Å². The van der Waals surface area contributed by atoms with Gasteiger partial charge in [-0.1, -0.05) is 47.0 Å². The van der Waals surface area contributed by atoms with Gasteiger partial charge in [0.15, 0.2) is 0 Å². The lowest BCUT2D eigenvalue weighted by Gasteiger charge is -2.24. The van der Waals surface area contributed by atoms with E-state index in [1.807, 2.05) is 48.5 Å². The lowest BCUT2D eigenvalue weighted by Crippen LogP contribution is -2.20. The Morgan fingerprint density at radius 2 is 1.92 bits per heavy atom. The van der Waals surface area contributed by atoms with Gasteiger partial charge in [0.1, 0.15) is 11.8 Å². The lowest BCUT2D eigenvalue weighted by molar-refractivity contribution is 0.414. The smallest absolute Gasteiger partial charge is 0.248 e. The highest BCUT2D eigenvalue weighted by Crippen LogP contribution is 2.34. The monoisotopic (exact) mass is 339 g/mol. The molecule has 0 aliphatic carbocycles. The van der Waals surface area contributed by atoms with Crippen LogP contribution in [0.15, 0.2) is 54.6 Å². The number of fused-ring (bicyclic) bond motifs is 1. The molecule has 2 heterocycles. The number of allylic oxidation sites excluding steroid dienone is 1. The Bertz CT molecular complexity index is 903. The van der Waals surface area contributed by atoms with Crippen LogP contribution in [0, 0.1) is 0 Å². The maximum Gasteiger partial charge on any atom is 0.248 e. The molecule has 0 bridgehead atoms. The van der Waals surface area contributed by atoms with E-state index in [4.69, 9.17) is 16.3 Å². The summed E-state index contributed by atoms with van der Waals surface area (Å²) in [5.74, 6) is 1.38. The first kappa shape index (κ1) is 14.7. The van der Waals surface area contributed by atoms with Gasteiger partial charge in [-0.15, -0.1) is 0 Å². The van der Waals surface area contributed by atoms with Crippen LogP contribution in [0.25, 0.3) is 5.70 Å². The van der Waals surface area contributed by atoms with E-state index in [-0.39, 0.29) is 6.04 Å². The van der Waals surface area contributed by atoms with Crippen molar-refractivity contribution in [3.8, 4) is 5.75 Å². The predicted molar refractivity (Wildman–Crippen MR) is 92.0 cm³/mol. The Morgan fingerprint density at radius 1 is 1.12 bits per heavy atom. The van der Waals surface area contributed by atoms with E-state index < -0.39 is 0 Å². The van der Waals surface area contributed by atoms with Gasteiger partial charge in [-0.2, -0.15) is 4.68 Å². The molecule has 3 aromatic rings. The average Bonchev–Trinajstić information content (AvgIpc) is 3.10. The molecule has 0 fully saturated rings. The number of hydrogen-bond acceptors (Lipinski definition) is 5. The summed E-state index contributed by atoms with van der Waals surface area (Å²) in [7, 11) is 1.65. The van der Waals surface area contributed by atoms with Crippen LogP contribution < -0.4 is 10.1 Å². The third kappa shape index (κ3) is 2.51. The highest BCUT2D eigenvalue weighted by atomic mass is 35.5. The highest BCUT2D eigenvalue weighted by molar-refractivity contribution is 6.32. The third-order valence-corrected chi connectivity index (χ3v) is 4.28. The van der Waals surface area contributed by atoms with E-state index >= 15 is 0 Å². The van der Waals surface area contributed by atoms with Crippen molar-refractivity contribution in [1.82, 2.24) is 20.2 Å². The Morgan fingerprint density at radius 3 is 2.67 bits per heavy atom. The fraction of sp³-hybridized carbons (Fsp3) is 0.118. The van der Waals surface area contributed by atoms with Gasteiger partial charge < -0.3 is 10.1 Å². The summed E-state index contributed by atoms with van der Waals surface area (Å²) in [5, 5.41) is 15.8. The van der Waals surface area contributed by atoms with E-state index in [0.29, 0.717) is 11.0 Å². The fourth-order valence-electron chi connectivity index (χ4n) is 2.73. The molecule has 6 nitrogen and oxygen atoms in total. The number of halogens is 1. The molecule has 1 aliphatic heterocycles. The van der Waals surface area contributed by atoms with Crippen molar-refractivity contribution < 1.29 is 4.74 Å². The Hall–Kier alpha value is -2.86. The van der Waals surface area contributed by atoms with Crippen molar-refractivity contribution in [2.24, 2.45) is 0 Å². The summed E-state index contributed by atoms with van der Waals surface area (Å²) in [6, 6.07) is 15.4. The molecular weight excluding hydrogens is 326 g/mol. The van der Waals surface area contributed by atoms with Crippen LogP contribution >= 0.6 is 11.6 Å². The van der Waals surface area contributed by atoms with Crippen LogP contribution in [0.4, 0.5) is 5.95 Å². The molecule has 7 heteroatoms. The Kier molecular flexibility index (Phi) is 3.66. The van der Waals surface area contributed by atoms with Crippen LogP contribution in [0.3, 0.4) is 0 Å². The molecule has 0 saturated carbocycles. The van der Waals surface area contributed by atoms with Crippen molar-refractivity contribution >= 4 is 23.2 Å². The summed E-state index contributed by atoms with van der Waals surface area (Å²) in [5.41, 5.74) is 2.84. The maximum atomic E-state index is 6.34. The van der Waals surface area contributed by atoms with Crippen molar-refractivity contribution in [2.45, 2.75) is 6.04 Å². The second-order valence-corrected chi connectivity index (χ2v) is 5.76. The standard InChI is InChI=1S/C17H14ClN5O/c1-24-12-8-6-11(7-9-12)16-10-15(13-4-2-3-5-14(13)18)19-17-20-21-22-23(16)17/h2-10,16H,1H3,(H,19,20,22)/t16-/m1/s1. The molecule has 0 radical (unpaired) electrons. The normalized spacial score (nSPS) is 16.1. The van der Waals surface area contributed by atoms with Crippen LogP contribution in [0.5, 0.6) is 5.75 Å². The zero-order valence-corrected chi connectivity index (χ0v) is 13.6. The van der Waals surface area contributed by atoms with Crippen LogP contribution in [0.2, 0.25) is 5.02 Å². The minimum atomic E-state index is -0.131. The second kappa shape index (κ2) is 5.98. The number of hydrogen-bond donors (Lipinski definition) is 1. The molecule has 1 aliphatic rings.